The van der Waals surface area contributed by atoms with E-state index in [2.05, 4.69) is 26.6 Å². The second-order valence-electron chi connectivity index (χ2n) is 4.90. The second-order valence-corrected chi connectivity index (χ2v) is 6.19. The van der Waals surface area contributed by atoms with E-state index >= 15 is 0 Å². The van der Waals surface area contributed by atoms with E-state index in [9.17, 15) is 4.79 Å². The maximum atomic E-state index is 11.5. The average molecular weight is 356 g/mol. The van der Waals surface area contributed by atoms with Gasteiger partial charge in [-0.2, -0.15) is 0 Å². The van der Waals surface area contributed by atoms with E-state index in [0.717, 1.165) is 35.0 Å². The maximum absolute atomic E-state index is 11.5. The van der Waals surface area contributed by atoms with E-state index in [4.69, 9.17) is 18.0 Å². The molecule has 0 aliphatic heterocycles. The molecule has 2 rings (SSSR count). The Kier molecular flexibility index (Phi) is 5.37. The fraction of sp³-hybridized carbons (Fsp3) is 0.429. The van der Waals surface area contributed by atoms with E-state index in [1.807, 2.05) is 18.2 Å². The van der Waals surface area contributed by atoms with Crippen LogP contribution in [0.15, 0.2) is 22.7 Å². The first-order chi connectivity index (χ1) is 9.58. The van der Waals surface area contributed by atoms with Crippen molar-refractivity contribution < 1.29 is 4.79 Å². The normalized spacial score (nSPS) is 13.8. The zero-order valence-corrected chi connectivity index (χ0v) is 13.5. The number of amides is 1. The van der Waals surface area contributed by atoms with E-state index in [-0.39, 0.29) is 5.91 Å². The van der Waals surface area contributed by atoms with Gasteiger partial charge in [0.1, 0.15) is 4.99 Å². The molecule has 1 aromatic rings. The van der Waals surface area contributed by atoms with Crippen LogP contribution in [0.4, 0.5) is 5.69 Å². The van der Waals surface area contributed by atoms with Gasteiger partial charge in [-0.15, -0.1) is 0 Å². The molecule has 0 atom stereocenters. The first kappa shape index (κ1) is 15.3. The molecule has 0 radical (unpaired) electrons. The van der Waals surface area contributed by atoms with E-state index in [1.165, 1.54) is 0 Å². The minimum atomic E-state index is 0.137. The van der Waals surface area contributed by atoms with Gasteiger partial charge in [-0.3, -0.25) is 4.79 Å². The zero-order valence-electron chi connectivity index (χ0n) is 11.1. The van der Waals surface area contributed by atoms with Crippen LogP contribution in [0.1, 0.15) is 31.2 Å². The molecule has 4 N–H and O–H groups in total. The van der Waals surface area contributed by atoms with Gasteiger partial charge in [-0.05, 0) is 47.3 Å². The molecule has 1 saturated carbocycles. The van der Waals surface area contributed by atoms with Gasteiger partial charge in [0.05, 0.1) is 0 Å². The third kappa shape index (κ3) is 4.45. The number of carbonyl (C=O) groups excluding carboxylic acids is 1. The first-order valence-corrected chi connectivity index (χ1v) is 7.89. The average Bonchev–Trinajstić information content (AvgIpc) is 3.18. The van der Waals surface area contributed by atoms with Crippen LogP contribution in [0, 0.1) is 0 Å². The lowest BCUT2D eigenvalue weighted by Gasteiger charge is -2.12. The van der Waals surface area contributed by atoms with Gasteiger partial charge in [0.25, 0.3) is 0 Å². The summed E-state index contributed by atoms with van der Waals surface area (Å²) in [6, 6.07) is 6.20. The summed E-state index contributed by atoms with van der Waals surface area (Å²) in [7, 11) is 0. The van der Waals surface area contributed by atoms with Crippen molar-refractivity contribution in [3.63, 3.8) is 0 Å². The van der Waals surface area contributed by atoms with Crippen LogP contribution in [-0.4, -0.2) is 23.5 Å². The van der Waals surface area contributed by atoms with E-state index in [0.29, 0.717) is 24.0 Å². The molecular weight excluding hydrogens is 338 g/mol. The van der Waals surface area contributed by atoms with Crippen molar-refractivity contribution in [1.29, 1.82) is 0 Å². The number of thiocarbonyl (C=S) groups is 1. The quantitative estimate of drug-likeness (QED) is 0.519. The summed E-state index contributed by atoms with van der Waals surface area (Å²) in [4.78, 5) is 11.9. The summed E-state index contributed by atoms with van der Waals surface area (Å²) >= 11 is 8.50. The minimum absolute atomic E-state index is 0.137. The highest BCUT2D eigenvalue weighted by Gasteiger charge is 2.22. The van der Waals surface area contributed by atoms with Crippen LogP contribution in [0.3, 0.4) is 0 Å². The van der Waals surface area contributed by atoms with Crippen molar-refractivity contribution in [2.75, 3.05) is 11.9 Å². The fourth-order valence-electron chi connectivity index (χ4n) is 1.92. The Bertz CT molecular complexity index is 517. The van der Waals surface area contributed by atoms with E-state index < -0.39 is 0 Å². The molecule has 0 bridgehead atoms. The Morgan fingerprint density at radius 3 is 2.85 bits per heavy atom. The number of hydrogen-bond acceptors (Lipinski definition) is 3. The Labute approximate surface area is 132 Å². The standard InChI is InChI=1S/C14H18BrN3OS/c15-10-3-1-4-11(13(10)14(16)20)17-8-2-5-12(19)18-9-6-7-9/h1,3-4,9,17H,2,5-8H2,(H2,16,20)(H,18,19). The van der Waals surface area contributed by atoms with Crippen molar-refractivity contribution in [1.82, 2.24) is 5.32 Å². The van der Waals surface area contributed by atoms with Crippen molar-refractivity contribution in [2.45, 2.75) is 31.7 Å². The summed E-state index contributed by atoms with van der Waals surface area (Å²) in [6.45, 7) is 0.712. The SMILES string of the molecule is NC(=S)c1c(Br)cccc1NCCCC(=O)NC1CC1. The van der Waals surface area contributed by atoms with Crippen LogP contribution < -0.4 is 16.4 Å². The monoisotopic (exact) mass is 355 g/mol. The molecule has 0 spiro atoms. The van der Waals surface area contributed by atoms with Crippen molar-refractivity contribution in [3.8, 4) is 0 Å². The number of hydrogen-bond donors (Lipinski definition) is 3. The Balaban J connectivity index is 1.80. The molecule has 1 amide bonds. The van der Waals surface area contributed by atoms with Gasteiger partial charge < -0.3 is 16.4 Å². The van der Waals surface area contributed by atoms with Crippen molar-refractivity contribution in [2.24, 2.45) is 5.73 Å². The van der Waals surface area contributed by atoms with Gasteiger partial charge >= 0.3 is 0 Å². The van der Waals surface area contributed by atoms with Crippen LogP contribution in [0.25, 0.3) is 0 Å². The van der Waals surface area contributed by atoms with Crippen LogP contribution >= 0.6 is 28.1 Å². The molecule has 0 aromatic heterocycles. The fourth-order valence-corrected chi connectivity index (χ4v) is 2.85. The van der Waals surface area contributed by atoms with Gasteiger partial charge in [0.15, 0.2) is 0 Å². The molecule has 1 fully saturated rings. The third-order valence-corrected chi connectivity index (χ3v) is 3.96. The summed E-state index contributed by atoms with van der Waals surface area (Å²) in [5.41, 5.74) is 7.43. The largest absolute Gasteiger partial charge is 0.389 e. The van der Waals surface area contributed by atoms with Gasteiger partial charge in [-0.1, -0.05) is 18.3 Å². The van der Waals surface area contributed by atoms with Crippen LogP contribution in [0.5, 0.6) is 0 Å². The molecule has 108 valence electrons. The lowest BCUT2D eigenvalue weighted by molar-refractivity contribution is -0.121. The predicted molar refractivity (Wildman–Crippen MR) is 88.9 cm³/mol. The summed E-state index contributed by atoms with van der Waals surface area (Å²) in [6.07, 6.45) is 3.57. The maximum Gasteiger partial charge on any atom is 0.220 e. The molecule has 0 heterocycles. The highest BCUT2D eigenvalue weighted by molar-refractivity contribution is 9.10. The molecule has 0 saturated heterocycles. The number of carbonyl (C=O) groups is 1. The Hall–Kier alpha value is -1.14. The third-order valence-electron chi connectivity index (χ3n) is 3.10. The van der Waals surface area contributed by atoms with Crippen LogP contribution in [0.2, 0.25) is 0 Å². The number of nitrogens with two attached hydrogens (primary N) is 1. The second kappa shape index (κ2) is 7.04. The van der Waals surface area contributed by atoms with Gasteiger partial charge in [0.2, 0.25) is 5.91 Å². The van der Waals surface area contributed by atoms with Gasteiger partial charge in [-0.25, -0.2) is 0 Å². The lowest BCUT2D eigenvalue weighted by atomic mass is 10.1. The molecule has 1 aliphatic rings. The molecular formula is C14H18BrN3OS. The van der Waals surface area contributed by atoms with Gasteiger partial charge in [0, 0.05) is 34.7 Å². The predicted octanol–water partition coefficient (Wildman–Crippen LogP) is 2.55. The molecule has 20 heavy (non-hydrogen) atoms. The zero-order chi connectivity index (χ0) is 14.5. The smallest absolute Gasteiger partial charge is 0.220 e. The van der Waals surface area contributed by atoms with E-state index in [1.54, 1.807) is 0 Å². The highest BCUT2D eigenvalue weighted by Crippen LogP contribution is 2.24. The topological polar surface area (TPSA) is 67.1 Å². The Morgan fingerprint density at radius 1 is 1.45 bits per heavy atom. The molecule has 6 heteroatoms. The number of benzene rings is 1. The Morgan fingerprint density at radius 2 is 2.20 bits per heavy atom. The highest BCUT2D eigenvalue weighted by atomic mass is 79.9. The number of nitrogens with one attached hydrogen (secondary N) is 2. The number of halogens is 1. The molecule has 4 nitrogen and oxygen atoms in total. The number of anilines is 1. The first-order valence-electron chi connectivity index (χ1n) is 6.69. The summed E-state index contributed by atoms with van der Waals surface area (Å²) in [5, 5.41) is 6.26. The number of rotatable bonds is 7. The molecule has 0 unspecified atom stereocenters. The van der Waals surface area contributed by atoms with Crippen molar-refractivity contribution in [3.05, 3.63) is 28.2 Å². The summed E-state index contributed by atoms with van der Waals surface area (Å²) in [5.74, 6) is 0.137. The minimum Gasteiger partial charge on any atom is -0.389 e. The molecule has 1 aromatic carbocycles. The van der Waals surface area contributed by atoms with Crippen molar-refractivity contribution >= 4 is 44.7 Å². The van der Waals surface area contributed by atoms with Crippen LogP contribution in [-0.2, 0) is 4.79 Å². The summed E-state index contributed by atoms with van der Waals surface area (Å²) < 4.78 is 0.876. The molecule has 1 aliphatic carbocycles. The lowest BCUT2D eigenvalue weighted by Crippen LogP contribution is -2.25.